The van der Waals surface area contributed by atoms with Gasteiger partial charge in [-0.3, -0.25) is 9.63 Å². The van der Waals surface area contributed by atoms with Crippen LogP contribution in [0.3, 0.4) is 0 Å². The number of fused-ring (bicyclic) bond motifs is 1. The highest BCUT2D eigenvalue weighted by Gasteiger charge is 2.11. The quantitative estimate of drug-likeness (QED) is 0.787. The Morgan fingerprint density at radius 2 is 2.35 bits per heavy atom. The summed E-state index contributed by atoms with van der Waals surface area (Å²) in [6.07, 6.45) is 0. The molecule has 1 amide bonds. The summed E-state index contributed by atoms with van der Waals surface area (Å²) in [6.45, 7) is 1.77. The monoisotopic (exact) mass is 251 g/mol. The molecule has 0 aliphatic heterocycles. The van der Waals surface area contributed by atoms with Crippen molar-refractivity contribution in [1.82, 2.24) is 10.5 Å². The second-order valence-corrected chi connectivity index (χ2v) is 4.68. The summed E-state index contributed by atoms with van der Waals surface area (Å²) in [5.74, 6) is -0.506. The predicted octanol–water partition coefficient (Wildman–Crippen LogP) is 1.36. The highest BCUT2D eigenvalue weighted by molar-refractivity contribution is 7.18. The number of hydrogen-bond donors (Lipinski definition) is 2. The number of nitrogens with zero attached hydrogens (tertiary/aromatic N) is 1. The molecule has 0 radical (unpaired) electrons. The van der Waals surface area contributed by atoms with Gasteiger partial charge in [0.25, 0.3) is 0 Å². The zero-order valence-corrected chi connectivity index (χ0v) is 10.2. The molecule has 0 saturated carbocycles. The Hall–Kier alpha value is -1.50. The fourth-order valence-corrected chi connectivity index (χ4v) is 2.32. The van der Waals surface area contributed by atoms with E-state index in [1.165, 1.54) is 0 Å². The number of thiazole rings is 1. The van der Waals surface area contributed by atoms with Crippen LogP contribution in [0.2, 0.25) is 0 Å². The van der Waals surface area contributed by atoms with Gasteiger partial charge in [0.15, 0.2) is 0 Å². The molecule has 0 fully saturated rings. The normalized spacial score (nSPS) is 12.8. The van der Waals surface area contributed by atoms with Gasteiger partial charge in [-0.15, -0.1) is 11.3 Å². The van der Waals surface area contributed by atoms with Gasteiger partial charge in [-0.05, 0) is 19.1 Å². The second kappa shape index (κ2) is 5.22. The highest BCUT2D eigenvalue weighted by Crippen LogP contribution is 2.25. The Morgan fingerprint density at radius 1 is 1.59 bits per heavy atom. The van der Waals surface area contributed by atoms with Gasteiger partial charge >= 0.3 is 0 Å². The number of rotatable bonds is 5. The lowest BCUT2D eigenvalue weighted by molar-refractivity contribution is -0.126. The molecule has 1 heterocycles. The molecule has 3 N–H and O–H groups in total. The highest BCUT2D eigenvalue weighted by atomic mass is 32.1. The van der Waals surface area contributed by atoms with E-state index in [2.05, 4.69) is 10.5 Å². The van der Waals surface area contributed by atoms with E-state index in [-0.39, 0.29) is 12.6 Å². The van der Waals surface area contributed by atoms with Crippen LogP contribution in [0.25, 0.3) is 10.2 Å². The van der Waals surface area contributed by atoms with Crippen molar-refractivity contribution < 1.29 is 9.63 Å². The molecule has 1 unspecified atom stereocenters. The van der Waals surface area contributed by atoms with Gasteiger partial charge in [0.2, 0.25) is 5.91 Å². The average molecular weight is 251 g/mol. The van der Waals surface area contributed by atoms with Crippen LogP contribution in [-0.2, 0) is 9.63 Å². The number of carbonyl (C=O) groups is 1. The van der Waals surface area contributed by atoms with Gasteiger partial charge < -0.3 is 5.73 Å². The molecule has 0 saturated heterocycles. The number of benzene rings is 1. The van der Waals surface area contributed by atoms with E-state index in [1.807, 2.05) is 31.2 Å². The molecule has 1 atom stereocenters. The molecule has 1 aromatic carbocycles. The maximum Gasteiger partial charge on any atom is 0.245 e. The molecular weight excluding hydrogens is 238 g/mol. The van der Waals surface area contributed by atoms with Crippen molar-refractivity contribution in [2.24, 2.45) is 5.73 Å². The van der Waals surface area contributed by atoms with E-state index < -0.39 is 5.91 Å². The van der Waals surface area contributed by atoms with Crippen LogP contribution >= 0.6 is 11.3 Å². The van der Waals surface area contributed by atoms with E-state index in [4.69, 9.17) is 10.6 Å². The van der Waals surface area contributed by atoms with Crippen LogP contribution in [0, 0.1) is 0 Å². The number of hydrogen-bond acceptors (Lipinski definition) is 5. The van der Waals surface area contributed by atoms with Crippen LogP contribution < -0.4 is 11.2 Å². The molecule has 2 aromatic rings. The fourth-order valence-electron chi connectivity index (χ4n) is 1.36. The number of nitrogens with one attached hydrogen (secondary N) is 1. The molecule has 17 heavy (non-hydrogen) atoms. The van der Waals surface area contributed by atoms with Gasteiger partial charge in [0, 0.05) is 0 Å². The number of aromatic nitrogens is 1. The summed E-state index contributed by atoms with van der Waals surface area (Å²) in [5, 5.41) is 0.913. The maximum absolute atomic E-state index is 10.5. The molecule has 6 heteroatoms. The number of nitrogens with two attached hydrogens (primary N) is 1. The summed E-state index contributed by atoms with van der Waals surface area (Å²) in [4.78, 5) is 19.9. The van der Waals surface area contributed by atoms with Crippen molar-refractivity contribution in [3.8, 4) is 0 Å². The molecule has 2 rings (SSSR count). The summed E-state index contributed by atoms with van der Waals surface area (Å²) < 4.78 is 1.13. The van der Waals surface area contributed by atoms with Gasteiger partial charge in [0.05, 0.1) is 16.3 Å². The van der Waals surface area contributed by atoms with Crippen molar-refractivity contribution >= 4 is 27.5 Å². The van der Waals surface area contributed by atoms with Crippen LogP contribution in [-0.4, -0.2) is 17.5 Å². The lowest BCUT2D eigenvalue weighted by Gasteiger charge is -2.09. The lowest BCUT2D eigenvalue weighted by atomic mass is 10.3. The summed E-state index contributed by atoms with van der Waals surface area (Å²) in [5.41, 5.74) is 8.67. The third-order valence-electron chi connectivity index (χ3n) is 2.16. The number of hydroxylamine groups is 1. The van der Waals surface area contributed by atoms with E-state index in [1.54, 1.807) is 11.3 Å². The van der Waals surface area contributed by atoms with Crippen molar-refractivity contribution in [1.29, 1.82) is 0 Å². The fraction of sp³-hybridized carbons (Fsp3) is 0.273. The largest absolute Gasteiger partial charge is 0.368 e. The molecule has 5 nitrogen and oxygen atoms in total. The smallest absolute Gasteiger partial charge is 0.245 e. The molecule has 90 valence electrons. The Morgan fingerprint density at radius 3 is 3.06 bits per heavy atom. The van der Waals surface area contributed by atoms with Crippen LogP contribution in [0.5, 0.6) is 0 Å². The predicted molar refractivity (Wildman–Crippen MR) is 66.3 cm³/mol. The Balaban J connectivity index is 2.03. The Bertz CT molecular complexity index is 493. The van der Waals surface area contributed by atoms with Crippen LogP contribution in [0.4, 0.5) is 0 Å². The first-order valence-electron chi connectivity index (χ1n) is 5.18. The first-order valence-corrected chi connectivity index (χ1v) is 5.99. The van der Waals surface area contributed by atoms with Gasteiger partial charge in [0.1, 0.15) is 11.6 Å². The number of amides is 1. The summed E-state index contributed by atoms with van der Waals surface area (Å²) >= 11 is 1.59. The zero-order valence-electron chi connectivity index (χ0n) is 9.34. The van der Waals surface area contributed by atoms with Gasteiger partial charge in [-0.25, -0.2) is 4.98 Å². The average Bonchev–Trinajstić information content (AvgIpc) is 2.71. The first-order chi connectivity index (χ1) is 8.16. The van der Waals surface area contributed by atoms with Gasteiger partial charge in [-0.1, -0.05) is 12.1 Å². The van der Waals surface area contributed by atoms with Crippen molar-refractivity contribution in [3.63, 3.8) is 0 Å². The summed E-state index contributed by atoms with van der Waals surface area (Å²) in [6, 6.07) is 7.84. The third kappa shape index (κ3) is 3.00. The maximum atomic E-state index is 10.5. The minimum absolute atomic E-state index is 0.0771. The second-order valence-electron chi connectivity index (χ2n) is 3.61. The molecule has 0 aliphatic carbocycles. The molecule has 0 bridgehead atoms. The molecular formula is C11H13N3O2S. The van der Waals surface area contributed by atoms with E-state index in [9.17, 15) is 4.79 Å². The summed E-state index contributed by atoms with van der Waals surface area (Å²) in [7, 11) is 0. The van der Waals surface area contributed by atoms with E-state index in [0.29, 0.717) is 0 Å². The van der Waals surface area contributed by atoms with Crippen LogP contribution in [0.1, 0.15) is 18.0 Å². The number of para-hydroxylation sites is 1. The Kier molecular flexibility index (Phi) is 3.68. The van der Waals surface area contributed by atoms with E-state index in [0.717, 1.165) is 15.2 Å². The molecule has 0 aliphatic rings. The third-order valence-corrected chi connectivity index (χ3v) is 3.37. The SMILES string of the molecule is CC(NOCC(N)=O)c1nc2ccccc2s1. The van der Waals surface area contributed by atoms with E-state index >= 15 is 0 Å². The number of carbonyl (C=O) groups excluding carboxylic acids is 1. The molecule has 1 aromatic heterocycles. The minimum atomic E-state index is -0.506. The Labute approximate surface area is 103 Å². The van der Waals surface area contributed by atoms with Gasteiger partial charge in [-0.2, -0.15) is 5.48 Å². The topological polar surface area (TPSA) is 77.2 Å². The van der Waals surface area contributed by atoms with Crippen LogP contribution in [0.15, 0.2) is 24.3 Å². The lowest BCUT2D eigenvalue weighted by Crippen LogP contribution is -2.26. The molecule has 0 spiro atoms. The first kappa shape index (κ1) is 12.0. The van der Waals surface area contributed by atoms with Crippen molar-refractivity contribution in [3.05, 3.63) is 29.3 Å². The number of primary amides is 1. The zero-order chi connectivity index (χ0) is 12.3. The van der Waals surface area contributed by atoms with Crippen molar-refractivity contribution in [2.75, 3.05) is 6.61 Å². The standard InChI is InChI=1S/C11H13N3O2S/c1-7(14-16-6-10(12)15)11-13-8-4-2-3-5-9(8)17-11/h2-5,7,14H,6H2,1H3,(H2,12,15). The van der Waals surface area contributed by atoms with Crippen molar-refractivity contribution in [2.45, 2.75) is 13.0 Å². The minimum Gasteiger partial charge on any atom is -0.368 e.